The molecule has 168 valence electrons. The van der Waals surface area contributed by atoms with E-state index in [4.69, 9.17) is 4.74 Å². The molecule has 1 aromatic carbocycles. The second-order valence-electron chi connectivity index (χ2n) is 8.42. The van der Waals surface area contributed by atoms with E-state index in [-0.39, 0.29) is 24.8 Å². The third kappa shape index (κ3) is 4.71. The molecule has 9 heteroatoms. The van der Waals surface area contributed by atoms with Gasteiger partial charge in [-0.25, -0.2) is 14.2 Å². The number of benzene rings is 1. The number of halogens is 1. The van der Waals surface area contributed by atoms with E-state index in [1.54, 1.807) is 12.1 Å². The van der Waals surface area contributed by atoms with Crippen LogP contribution in [-0.2, 0) is 16.1 Å². The SMILES string of the molecule is CC1CCC2(CC1)NC(=O)N(CC(=O)NCc1ccnc(Oc3ccc(F)cc3)c1)C2=O. The maximum absolute atomic E-state index is 13.0. The molecule has 2 aromatic rings. The van der Waals surface area contributed by atoms with Gasteiger partial charge in [0.2, 0.25) is 11.8 Å². The molecular formula is C23H25FN4O4. The molecule has 0 atom stereocenters. The number of nitrogens with one attached hydrogen (secondary N) is 2. The van der Waals surface area contributed by atoms with E-state index < -0.39 is 17.5 Å². The van der Waals surface area contributed by atoms with Crippen molar-refractivity contribution >= 4 is 17.8 Å². The normalized spacial score (nSPS) is 22.7. The second-order valence-corrected chi connectivity index (χ2v) is 8.42. The first kappa shape index (κ1) is 21.7. The van der Waals surface area contributed by atoms with Gasteiger partial charge in [0, 0.05) is 18.8 Å². The van der Waals surface area contributed by atoms with E-state index in [0.717, 1.165) is 23.3 Å². The fraction of sp³-hybridized carbons (Fsp3) is 0.391. The van der Waals surface area contributed by atoms with Crippen LogP contribution in [0.1, 0.15) is 38.2 Å². The predicted molar refractivity (Wildman–Crippen MR) is 113 cm³/mol. The minimum atomic E-state index is -0.860. The number of imide groups is 1. The van der Waals surface area contributed by atoms with Crippen LogP contribution in [0.2, 0.25) is 0 Å². The molecule has 0 unspecified atom stereocenters. The minimum Gasteiger partial charge on any atom is -0.439 e. The fourth-order valence-corrected chi connectivity index (χ4v) is 4.05. The van der Waals surface area contributed by atoms with E-state index in [1.165, 1.54) is 30.5 Å². The molecule has 4 rings (SSSR count). The monoisotopic (exact) mass is 440 g/mol. The molecule has 2 heterocycles. The first-order valence-corrected chi connectivity index (χ1v) is 10.6. The first-order chi connectivity index (χ1) is 15.3. The highest BCUT2D eigenvalue weighted by molar-refractivity contribution is 6.09. The number of hydrogen-bond donors (Lipinski definition) is 2. The number of hydrogen-bond acceptors (Lipinski definition) is 5. The number of pyridine rings is 1. The third-order valence-corrected chi connectivity index (χ3v) is 6.00. The van der Waals surface area contributed by atoms with Gasteiger partial charge in [-0.3, -0.25) is 14.5 Å². The lowest BCUT2D eigenvalue weighted by atomic mass is 9.77. The van der Waals surface area contributed by atoms with E-state index in [9.17, 15) is 18.8 Å². The van der Waals surface area contributed by atoms with Crippen molar-refractivity contribution in [3.63, 3.8) is 0 Å². The molecule has 2 aliphatic rings. The average Bonchev–Trinajstić information content (AvgIpc) is 3.00. The van der Waals surface area contributed by atoms with Crippen LogP contribution < -0.4 is 15.4 Å². The molecule has 0 bridgehead atoms. The molecule has 1 saturated heterocycles. The Morgan fingerprint density at radius 2 is 1.97 bits per heavy atom. The number of rotatable bonds is 6. The summed E-state index contributed by atoms with van der Waals surface area (Å²) in [4.78, 5) is 42.8. The van der Waals surface area contributed by atoms with Crippen LogP contribution in [0.5, 0.6) is 11.6 Å². The highest BCUT2D eigenvalue weighted by Gasteiger charge is 2.52. The van der Waals surface area contributed by atoms with Gasteiger partial charge >= 0.3 is 6.03 Å². The largest absolute Gasteiger partial charge is 0.439 e. The molecule has 2 N–H and O–H groups in total. The van der Waals surface area contributed by atoms with Crippen LogP contribution in [0.15, 0.2) is 42.6 Å². The summed E-state index contributed by atoms with van der Waals surface area (Å²) in [6.07, 6.45) is 4.48. The standard InChI is InChI=1S/C23H25FN4O4/c1-15-6-9-23(10-7-15)21(30)28(22(31)27-23)14-19(29)26-13-16-8-11-25-20(12-16)32-18-4-2-17(24)3-5-18/h2-5,8,11-12,15H,6-7,9-10,13-14H2,1H3,(H,26,29)(H,27,31). The molecule has 1 spiro atoms. The lowest BCUT2D eigenvalue weighted by Crippen LogP contribution is -2.49. The summed E-state index contributed by atoms with van der Waals surface area (Å²) >= 11 is 0. The molecule has 8 nitrogen and oxygen atoms in total. The van der Waals surface area contributed by atoms with E-state index in [2.05, 4.69) is 22.5 Å². The molecular weight excluding hydrogens is 415 g/mol. The Hall–Kier alpha value is -3.49. The number of carbonyl (C=O) groups is 3. The van der Waals surface area contributed by atoms with Gasteiger partial charge in [-0.05, 0) is 67.5 Å². The third-order valence-electron chi connectivity index (χ3n) is 6.00. The zero-order valence-corrected chi connectivity index (χ0v) is 17.8. The summed E-state index contributed by atoms with van der Waals surface area (Å²) in [5.74, 6) is 0.141. The molecule has 32 heavy (non-hydrogen) atoms. The molecule has 1 aromatic heterocycles. The van der Waals surface area contributed by atoms with Gasteiger partial charge in [0.05, 0.1) is 0 Å². The van der Waals surface area contributed by atoms with Crippen molar-refractivity contribution < 1.29 is 23.5 Å². The van der Waals surface area contributed by atoms with Crippen LogP contribution in [0.4, 0.5) is 9.18 Å². The van der Waals surface area contributed by atoms with Crippen molar-refractivity contribution in [2.75, 3.05) is 6.54 Å². The van der Waals surface area contributed by atoms with Gasteiger partial charge in [0.25, 0.3) is 5.91 Å². The molecule has 1 aliphatic heterocycles. The maximum atomic E-state index is 13.0. The topological polar surface area (TPSA) is 101 Å². The maximum Gasteiger partial charge on any atom is 0.325 e. The number of carbonyl (C=O) groups excluding carboxylic acids is 3. The van der Waals surface area contributed by atoms with E-state index >= 15 is 0 Å². The minimum absolute atomic E-state index is 0.174. The summed E-state index contributed by atoms with van der Waals surface area (Å²) in [5, 5.41) is 5.53. The number of ether oxygens (including phenoxy) is 1. The Morgan fingerprint density at radius 1 is 1.25 bits per heavy atom. The van der Waals surface area contributed by atoms with Crippen molar-refractivity contribution in [1.82, 2.24) is 20.5 Å². The second kappa shape index (κ2) is 8.94. The highest BCUT2D eigenvalue weighted by atomic mass is 19.1. The van der Waals surface area contributed by atoms with Crippen molar-refractivity contribution in [3.05, 3.63) is 54.0 Å². The van der Waals surface area contributed by atoms with Crippen molar-refractivity contribution in [2.24, 2.45) is 5.92 Å². The fourth-order valence-electron chi connectivity index (χ4n) is 4.05. The van der Waals surface area contributed by atoms with Crippen LogP contribution >= 0.6 is 0 Å². The molecule has 2 fully saturated rings. The predicted octanol–water partition coefficient (Wildman–Crippen LogP) is 3.13. The average molecular weight is 440 g/mol. The zero-order valence-electron chi connectivity index (χ0n) is 17.8. The molecule has 0 radical (unpaired) electrons. The number of urea groups is 1. The Bertz CT molecular complexity index is 1020. The van der Waals surface area contributed by atoms with E-state index in [1.807, 2.05) is 0 Å². The summed E-state index contributed by atoms with van der Waals surface area (Å²) in [7, 11) is 0. The molecule has 4 amide bonds. The van der Waals surface area contributed by atoms with Crippen LogP contribution in [0.3, 0.4) is 0 Å². The summed E-state index contributed by atoms with van der Waals surface area (Å²) in [6.45, 7) is 1.98. The van der Waals surface area contributed by atoms with Crippen LogP contribution in [0, 0.1) is 11.7 Å². The Labute approximate surface area is 185 Å². The van der Waals surface area contributed by atoms with Gasteiger partial charge in [0.1, 0.15) is 23.7 Å². The number of nitrogens with zero attached hydrogens (tertiary/aromatic N) is 2. The summed E-state index contributed by atoms with van der Waals surface area (Å²) in [5.41, 5.74) is -0.137. The highest BCUT2D eigenvalue weighted by Crippen LogP contribution is 2.36. The Morgan fingerprint density at radius 3 is 2.69 bits per heavy atom. The summed E-state index contributed by atoms with van der Waals surface area (Å²) in [6, 6.07) is 8.39. The number of aromatic nitrogens is 1. The molecule has 1 saturated carbocycles. The number of amides is 4. The van der Waals surface area contributed by atoms with Crippen molar-refractivity contribution in [3.8, 4) is 11.6 Å². The lowest BCUT2D eigenvalue weighted by Gasteiger charge is -2.33. The Kier molecular flexibility index (Phi) is 6.07. The van der Waals surface area contributed by atoms with Gasteiger partial charge in [-0.1, -0.05) is 6.92 Å². The quantitative estimate of drug-likeness (QED) is 0.672. The van der Waals surface area contributed by atoms with E-state index in [0.29, 0.717) is 30.4 Å². The smallest absolute Gasteiger partial charge is 0.325 e. The Balaban J connectivity index is 1.32. The van der Waals surface area contributed by atoms with Crippen LogP contribution in [-0.4, -0.2) is 39.8 Å². The van der Waals surface area contributed by atoms with Crippen molar-refractivity contribution in [1.29, 1.82) is 0 Å². The van der Waals surface area contributed by atoms with Gasteiger partial charge in [-0.15, -0.1) is 0 Å². The zero-order chi connectivity index (χ0) is 22.7. The lowest BCUT2D eigenvalue weighted by molar-refractivity contribution is -0.136. The van der Waals surface area contributed by atoms with Crippen LogP contribution in [0.25, 0.3) is 0 Å². The molecule has 1 aliphatic carbocycles. The first-order valence-electron chi connectivity index (χ1n) is 10.6. The summed E-state index contributed by atoms with van der Waals surface area (Å²) < 4.78 is 18.6. The van der Waals surface area contributed by atoms with Gasteiger partial charge < -0.3 is 15.4 Å². The van der Waals surface area contributed by atoms with Gasteiger partial charge in [-0.2, -0.15) is 0 Å². The van der Waals surface area contributed by atoms with Crippen molar-refractivity contribution in [2.45, 2.75) is 44.7 Å². The van der Waals surface area contributed by atoms with Gasteiger partial charge in [0.15, 0.2) is 0 Å².